The molecule has 1 aromatic carbocycles. The maximum Gasteiger partial charge on any atom is 0.0550 e. The Morgan fingerprint density at radius 2 is 1.91 bits per heavy atom. The Hall–Kier alpha value is -0.900. The molecule has 1 heterocycles. The third kappa shape index (κ3) is 3.96. The molecule has 1 unspecified atom stereocenters. The van der Waals surface area contributed by atoms with Crippen LogP contribution in [0.15, 0.2) is 48.6 Å². The lowest BCUT2D eigenvalue weighted by Crippen LogP contribution is -2.60. The van der Waals surface area contributed by atoms with Crippen molar-refractivity contribution in [3.8, 4) is 0 Å². The first-order valence-corrected chi connectivity index (χ1v) is 9.70. The average molecular weight is 375 g/mol. The van der Waals surface area contributed by atoms with Crippen LogP contribution in [0.5, 0.6) is 0 Å². The third-order valence-electron chi connectivity index (χ3n) is 5.10. The summed E-state index contributed by atoms with van der Waals surface area (Å²) in [5.74, 6) is 0.529. The van der Waals surface area contributed by atoms with Crippen molar-refractivity contribution in [1.29, 1.82) is 0 Å². The molecule has 0 aromatic heterocycles. The fourth-order valence-corrected chi connectivity index (χ4v) is 4.06. The zero-order valence-electron chi connectivity index (χ0n) is 14.1. The Kier molecular flexibility index (Phi) is 5.40. The first kappa shape index (κ1) is 16.9. The number of rotatable bonds is 4. The van der Waals surface area contributed by atoms with Gasteiger partial charge in [-0.05, 0) is 25.8 Å². The molecule has 1 aromatic rings. The first-order chi connectivity index (χ1) is 11.1. The minimum absolute atomic E-state index is 0.0378. The number of hydrogen-bond acceptors (Lipinski definition) is 2. The molecule has 23 heavy (non-hydrogen) atoms. The van der Waals surface area contributed by atoms with E-state index in [9.17, 15) is 0 Å². The Bertz CT molecular complexity index is 562. The van der Waals surface area contributed by atoms with Crippen molar-refractivity contribution in [1.82, 2.24) is 10.2 Å². The lowest BCUT2D eigenvalue weighted by Gasteiger charge is -2.47. The summed E-state index contributed by atoms with van der Waals surface area (Å²) in [6, 6.07) is 9.53. The number of allylic oxidation sites excluding steroid dienone is 2. The van der Waals surface area contributed by atoms with Crippen molar-refractivity contribution in [3.63, 3.8) is 0 Å². The number of alkyl halides is 1. The highest BCUT2D eigenvalue weighted by atomic mass is 79.9. The van der Waals surface area contributed by atoms with E-state index in [1.807, 2.05) is 0 Å². The number of piperazine rings is 1. The summed E-state index contributed by atoms with van der Waals surface area (Å²) >= 11 is 3.58. The van der Waals surface area contributed by atoms with Crippen molar-refractivity contribution >= 4 is 15.9 Å². The van der Waals surface area contributed by atoms with Crippen LogP contribution in [0.2, 0.25) is 0 Å². The highest BCUT2D eigenvalue weighted by molar-refractivity contribution is 9.09. The smallest absolute Gasteiger partial charge is 0.0550 e. The summed E-state index contributed by atoms with van der Waals surface area (Å²) < 4.78 is 0. The van der Waals surface area contributed by atoms with Gasteiger partial charge in [-0.2, -0.15) is 0 Å². The number of halogens is 1. The minimum Gasteiger partial charge on any atom is -0.314 e. The molecule has 0 bridgehead atoms. The maximum absolute atomic E-state index is 3.58. The molecule has 1 N–H and O–H groups in total. The Morgan fingerprint density at radius 3 is 2.57 bits per heavy atom. The molecule has 0 saturated carbocycles. The second-order valence-electron chi connectivity index (χ2n) is 7.00. The van der Waals surface area contributed by atoms with Crippen LogP contribution in [0.1, 0.15) is 18.1 Å². The lowest BCUT2D eigenvalue weighted by atomic mass is 9.87. The van der Waals surface area contributed by atoms with E-state index in [0.717, 1.165) is 31.4 Å². The molecule has 3 heteroatoms. The van der Waals surface area contributed by atoms with Gasteiger partial charge in [-0.3, -0.25) is 4.90 Å². The van der Waals surface area contributed by atoms with E-state index < -0.39 is 0 Å². The molecule has 1 saturated heterocycles. The van der Waals surface area contributed by atoms with E-state index in [1.54, 1.807) is 0 Å². The number of nitrogens with one attached hydrogen (secondary N) is 1. The van der Waals surface area contributed by atoms with E-state index in [-0.39, 0.29) is 5.54 Å². The highest BCUT2D eigenvalue weighted by Crippen LogP contribution is 2.29. The summed E-state index contributed by atoms with van der Waals surface area (Å²) in [5, 5.41) is 4.58. The minimum atomic E-state index is 0.0378. The molecule has 0 amide bonds. The second kappa shape index (κ2) is 7.33. The number of hydrogen-bond donors (Lipinski definition) is 1. The quantitative estimate of drug-likeness (QED) is 0.638. The van der Waals surface area contributed by atoms with Crippen LogP contribution < -0.4 is 5.32 Å². The fourth-order valence-electron chi connectivity index (χ4n) is 3.62. The van der Waals surface area contributed by atoms with Crippen molar-refractivity contribution in [3.05, 3.63) is 59.7 Å². The van der Waals surface area contributed by atoms with Gasteiger partial charge in [0.15, 0.2) is 0 Å². The standard InChI is InChI=1S/C20H27BrN2/c1-16-3-5-17(6-4-16)13-19-15-22-11-12-23(19)20(2)9-7-18(14-21)8-10-20/h3-10,18-19,22H,11-15H2,1-2H3. The van der Waals surface area contributed by atoms with Gasteiger partial charge in [0.05, 0.1) is 5.54 Å². The van der Waals surface area contributed by atoms with Crippen molar-refractivity contribution in [2.24, 2.45) is 5.92 Å². The molecule has 0 spiro atoms. The number of nitrogens with zero attached hydrogens (tertiary/aromatic N) is 1. The van der Waals surface area contributed by atoms with Gasteiger partial charge >= 0.3 is 0 Å². The molecule has 3 rings (SSSR count). The van der Waals surface area contributed by atoms with Gasteiger partial charge in [0.25, 0.3) is 0 Å². The molecule has 1 aliphatic carbocycles. The van der Waals surface area contributed by atoms with Gasteiger partial charge in [0, 0.05) is 36.9 Å². The normalized spacial score (nSPS) is 31.4. The second-order valence-corrected chi connectivity index (χ2v) is 7.65. The largest absolute Gasteiger partial charge is 0.314 e. The number of benzene rings is 1. The van der Waals surface area contributed by atoms with Crippen LogP contribution in [-0.2, 0) is 6.42 Å². The molecular formula is C20H27BrN2. The summed E-state index contributed by atoms with van der Waals surface area (Å²) in [5.41, 5.74) is 2.80. The molecule has 2 nitrogen and oxygen atoms in total. The Labute approximate surface area is 148 Å². The van der Waals surface area contributed by atoms with E-state index in [4.69, 9.17) is 0 Å². The van der Waals surface area contributed by atoms with Crippen LogP contribution in [0.3, 0.4) is 0 Å². The van der Waals surface area contributed by atoms with Crippen LogP contribution in [0.25, 0.3) is 0 Å². The predicted octanol–water partition coefficient (Wildman–Crippen LogP) is 3.71. The lowest BCUT2D eigenvalue weighted by molar-refractivity contribution is 0.0948. The molecular weight excluding hydrogens is 348 g/mol. The summed E-state index contributed by atoms with van der Waals surface area (Å²) in [7, 11) is 0. The van der Waals surface area contributed by atoms with Crippen molar-refractivity contribution < 1.29 is 0 Å². The summed E-state index contributed by atoms with van der Waals surface area (Å²) in [6.45, 7) is 7.73. The van der Waals surface area contributed by atoms with Gasteiger partial charge in [0.2, 0.25) is 0 Å². The summed E-state index contributed by atoms with van der Waals surface area (Å²) in [4.78, 5) is 2.67. The summed E-state index contributed by atoms with van der Waals surface area (Å²) in [6.07, 6.45) is 10.6. The molecule has 1 atom stereocenters. The van der Waals surface area contributed by atoms with E-state index >= 15 is 0 Å². The third-order valence-corrected chi connectivity index (χ3v) is 5.85. The molecule has 124 valence electrons. The van der Waals surface area contributed by atoms with Crippen molar-refractivity contribution in [2.45, 2.75) is 31.8 Å². The van der Waals surface area contributed by atoms with Crippen LogP contribution >= 0.6 is 15.9 Å². The van der Waals surface area contributed by atoms with E-state index in [0.29, 0.717) is 12.0 Å². The topological polar surface area (TPSA) is 15.3 Å². The van der Waals surface area contributed by atoms with E-state index in [1.165, 1.54) is 11.1 Å². The van der Waals surface area contributed by atoms with Crippen molar-refractivity contribution in [2.75, 3.05) is 25.0 Å². The average Bonchev–Trinajstić information content (AvgIpc) is 2.58. The van der Waals surface area contributed by atoms with E-state index in [2.05, 4.69) is 88.6 Å². The predicted molar refractivity (Wildman–Crippen MR) is 102 cm³/mol. The molecule has 1 aliphatic heterocycles. The first-order valence-electron chi connectivity index (χ1n) is 8.58. The molecule has 0 radical (unpaired) electrons. The van der Waals surface area contributed by atoms with Gasteiger partial charge in [0.1, 0.15) is 0 Å². The maximum atomic E-state index is 3.58. The monoisotopic (exact) mass is 374 g/mol. The highest BCUT2D eigenvalue weighted by Gasteiger charge is 2.35. The van der Waals surface area contributed by atoms with Gasteiger partial charge in [-0.25, -0.2) is 0 Å². The van der Waals surface area contributed by atoms with Gasteiger partial charge < -0.3 is 5.32 Å². The van der Waals surface area contributed by atoms with Crippen LogP contribution in [-0.4, -0.2) is 41.4 Å². The molecule has 1 fully saturated rings. The Balaban J connectivity index is 1.76. The van der Waals surface area contributed by atoms with Gasteiger partial charge in [-0.1, -0.05) is 70.1 Å². The zero-order chi connectivity index (χ0) is 16.3. The Morgan fingerprint density at radius 1 is 1.22 bits per heavy atom. The van der Waals surface area contributed by atoms with Crippen LogP contribution in [0, 0.1) is 12.8 Å². The van der Waals surface area contributed by atoms with Crippen LogP contribution in [0.4, 0.5) is 0 Å². The SMILES string of the molecule is Cc1ccc(CC2CNCCN2C2(C)C=CC(CBr)C=C2)cc1. The fraction of sp³-hybridized carbons (Fsp3) is 0.500. The van der Waals surface area contributed by atoms with Gasteiger partial charge in [-0.15, -0.1) is 0 Å². The zero-order valence-corrected chi connectivity index (χ0v) is 15.7. The molecule has 2 aliphatic rings. The number of aryl methyl sites for hydroxylation is 1.